The number of nitrogens with zero attached hydrogens (tertiary/aromatic N) is 3. The van der Waals surface area contributed by atoms with Crippen LogP contribution in [0.1, 0.15) is 19.2 Å². The van der Waals surface area contributed by atoms with Gasteiger partial charge in [0.05, 0.1) is 17.1 Å². The van der Waals surface area contributed by atoms with Crippen LogP contribution in [0.5, 0.6) is 0 Å². The van der Waals surface area contributed by atoms with Crippen LogP contribution in [0.3, 0.4) is 0 Å². The molecule has 0 radical (unpaired) electrons. The van der Waals surface area contributed by atoms with Gasteiger partial charge in [0, 0.05) is 12.6 Å². The third kappa shape index (κ3) is 3.26. The summed E-state index contributed by atoms with van der Waals surface area (Å²) >= 11 is 6.14. The number of hydrogen-bond acceptors (Lipinski definition) is 5. The molecule has 1 aliphatic rings. The van der Waals surface area contributed by atoms with Gasteiger partial charge in [-0.1, -0.05) is 28.9 Å². The summed E-state index contributed by atoms with van der Waals surface area (Å²) in [6.45, 7) is 4.78. The lowest BCUT2D eigenvalue weighted by atomic mass is 10.0. The molecule has 1 aromatic heterocycles. The molecule has 0 saturated carbocycles. The molecule has 1 saturated heterocycles. The van der Waals surface area contributed by atoms with Crippen molar-refractivity contribution in [2.24, 2.45) is 11.7 Å². The van der Waals surface area contributed by atoms with Crippen LogP contribution in [0.4, 0.5) is 0 Å². The first-order chi connectivity index (χ1) is 10.1. The molecule has 5 nitrogen and oxygen atoms in total. The molecule has 0 aliphatic carbocycles. The largest absolute Gasteiger partial charge is 0.334 e. The average Bonchev–Trinajstić information content (AvgIpc) is 3.09. The molecule has 2 aromatic rings. The van der Waals surface area contributed by atoms with E-state index in [1.54, 1.807) is 0 Å². The quantitative estimate of drug-likeness (QED) is 0.940. The van der Waals surface area contributed by atoms with Crippen molar-refractivity contribution in [3.05, 3.63) is 35.1 Å². The number of halogens is 1. The van der Waals surface area contributed by atoms with E-state index in [0.717, 1.165) is 25.1 Å². The molecular weight excluding hydrogens is 288 g/mol. The fraction of sp³-hybridized carbons (Fsp3) is 0.467. The Morgan fingerprint density at radius 3 is 3.00 bits per heavy atom. The number of likely N-dealkylation sites (tertiary alicyclic amines) is 1. The Hall–Kier alpha value is -1.43. The summed E-state index contributed by atoms with van der Waals surface area (Å²) in [5, 5.41) is 4.67. The van der Waals surface area contributed by atoms with Crippen molar-refractivity contribution in [3.8, 4) is 11.5 Å². The lowest BCUT2D eigenvalue weighted by molar-refractivity contribution is 0.294. The van der Waals surface area contributed by atoms with Crippen molar-refractivity contribution in [3.63, 3.8) is 0 Å². The SMILES string of the molecule is CC(N)C1CCN(Cc2noc(-c3ccccc3Cl)n2)C1. The van der Waals surface area contributed by atoms with Gasteiger partial charge in [-0.25, -0.2) is 0 Å². The zero-order valence-corrected chi connectivity index (χ0v) is 12.8. The second-order valence-electron chi connectivity index (χ2n) is 5.64. The molecule has 2 atom stereocenters. The van der Waals surface area contributed by atoms with Crippen molar-refractivity contribution < 1.29 is 4.52 Å². The first-order valence-electron chi connectivity index (χ1n) is 7.19. The molecule has 1 fully saturated rings. The van der Waals surface area contributed by atoms with Gasteiger partial charge in [0.25, 0.3) is 5.89 Å². The van der Waals surface area contributed by atoms with E-state index < -0.39 is 0 Å². The molecule has 0 spiro atoms. The van der Waals surface area contributed by atoms with Crippen LogP contribution in [0.15, 0.2) is 28.8 Å². The first-order valence-corrected chi connectivity index (χ1v) is 7.56. The Bertz CT molecular complexity index is 613. The summed E-state index contributed by atoms with van der Waals surface area (Å²) in [7, 11) is 0. The summed E-state index contributed by atoms with van der Waals surface area (Å²) < 4.78 is 5.32. The number of rotatable bonds is 4. The van der Waals surface area contributed by atoms with Gasteiger partial charge < -0.3 is 10.3 Å². The van der Waals surface area contributed by atoms with Gasteiger partial charge in [0.2, 0.25) is 0 Å². The molecule has 1 aromatic carbocycles. The van der Waals surface area contributed by atoms with Crippen LogP contribution in [0.25, 0.3) is 11.5 Å². The van der Waals surface area contributed by atoms with Crippen LogP contribution in [0, 0.1) is 5.92 Å². The minimum absolute atomic E-state index is 0.235. The topological polar surface area (TPSA) is 68.2 Å². The molecule has 0 bridgehead atoms. The second kappa shape index (κ2) is 6.13. The molecule has 2 N–H and O–H groups in total. The van der Waals surface area contributed by atoms with Crippen LogP contribution in [0.2, 0.25) is 5.02 Å². The number of hydrogen-bond donors (Lipinski definition) is 1. The van der Waals surface area contributed by atoms with Gasteiger partial charge in [0.15, 0.2) is 5.82 Å². The molecule has 21 heavy (non-hydrogen) atoms. The highest BCUT2D eigenvalue weighted by Gasteiger charge is 2.26. The van der Waals surface area contributed by atoms with Gasteiger partial charge in [-0.3, -0.25) is 4.90 Å². The normalized spacial score (nSPS) is 20.8. The van der Waals surface area contributed by atoms with Gasteiger partial charge in [-0.15, -0.1) is 0 Å². The summed E-state index contributed by atoms with van der Waals surface area (Å²) in [5.74, 6) is 1.72. The van der Waals surface area contributed by atoms with E-state index in [9.17, 15) is 0 Å². The highest BCUT2D eigenvalue weighted by molar-refractivity contribution is 6.33. The summed E-state index contributed by atoms with van der Waals surface area (Å²) in [5.41, 5.74) is 6.73. The van der Waals surface area contributed by atoms with Crippen molar-refractivity contribution in [1.82, 2.24) is 15.0 Å². The molecule has 2 heterocycles. The molecular formula is C15H19ClN4O. The Balaban J connectivity index is 1.68. The van der Waals surface area contributed by atoms with Crippen LogP contribution in [-0.2, 0) is 6.54 Å². The average molecular weight is 307 g/mol. The van der Waals surface area contributed by atoms with Crippen molar-refractivity contribution >= 4 is 11.6 Å². The Kier molecular flexibility index (Phi) is 4.24. The predicted molar refractivity (Wildman–Crippen MR) is 81.8 cm³/mol. The smallest absolute Gasteiger partial charge is 0.259 e. The predicted octanol–water partition coefficient (Wildman–Crippen LogP) is 2.56. The second-order valence-corrected chi connectivity index (χ2v) is 6.05. The highest BCUT2D eigenvalue weighted by Crippen LogP contribution is 2.26. The van der Waals surface area contributed by atoms with Crippen LogP contribution >= 0.6 is 11.6 Å². The van der Waals surface area contributed by atoms with Crippen molar-refractivity contribution in [2.75, 3.05) is 13.1 Å². The zero-order valence-electron chi connectivity index (χ0n) is 12.0. The molecule has 1 aliphatic heterocycles. The first kappa shape index (κ1) is 14.5. The fourth-order valence-corrected chi connectivity index (χ4v) is 2.91. The van der Waals surface area contributed by atoms with Crippen LogP contribution < -0.4 is 5.73 Å². The molecule has 2 unspecified atom stereocenters. The molecule has 6 heteroatoms. The maximum atomic E-state index is 6.14. The van der Waals surface area contributed by atoms with E-state index in [2.05, 4.69) is 22.0 Å². The third-order valence-electron chi connectivity index (χ3n) is 3.99. The van der Waals surface area contributed by atoms with Gasteiger partial charge >= 0.3 is 0 Å². The van der Waals surface area contributed by atoms with E-state index in [1.807, 2.05) is 24.3 Å². The van der Waals surface area contributed by atoms with E-state index in [0.29, 0.717) is 29.2 Å². The minimum atomic E-state index is 0.235. The maximum absolute atomic E-state index is 6.14. The Morgan fingerprint density at radius 1 is 1.48 bits per heavy atom. The van der Waals surface area contributed by atoms with E-state index in [-0.39, 0.29) is 6.04 Å². The van der Waals surface area contributed by atoms with Gasteiger partial charge in [0.1, 0.15) is 0 Å². The van der Waals surface area contributed by atoms with Crippen molar-refractivity contribution in [1.29, 1.82) is 0 Å². The highest BCUT2D eigenvalue weighted by atomic mass is 35.5. The van der Waals surface area contributed by atoms with Gasteiger partial charge in [-0.05, 0) is 37.9 Å². The van der Waals surface area contributed by atoms with Crippen molar-refractivity contribution in [2.45, 2.75) is 25.9 Å². The summed E-state index contributed by atoms with van der Waals surface area (Å²) in [6, 6.07) is 7.70. The summed E-state index contributed by atoms with van der Waals surface area (Å²) in [4.78, 5) is 6.75. The van der Waals surface area contributed by atoms with Crippen LogP contribution in [-0.4, -0.2) is 34.2 Å². The number of aromatic nitrogens is 2. The molecule has 0 amide bonds. The van der Waals surface area contributed by atoms with E-state index >= 15 is 0 Å². The fourth-order valence-electron chi connectivity index (χ4n) is 2.70. The number of nitrogens with two attached hydrogens (primary N) is 1. The molecule has 112 valence electrons. The van der Waals surface area contributed by atoms with E-state index in [4.69, 9.17) is 21.9 Å². The number of benzene rings is 1. The summed E-state index contributed by atoms with van der Waals surface area (Å²) in [6.07, 6.45) is 1.13. The minimum Gasteiger partial charge on any atom is -0.334 e. The lowest BCUT2D eigenvalue weighted by Crippen LogP contribution is -2.29. The van der Waals surface area contributed by atoms with E-state index in [1.165, 1.54) is 0 Å². The third-order valence-corrected chi connectivity index (χ3v) is 4.32. The lowest BCUT2D eigenvalue weighted by Gasteiger charge is -2.15. The zero-order chi connectivity index (χ0) is 14.8. The standard InChI is InChI=1S/C15H19ClN4O/c1-10(17)11-6-7-20(8-11)9-14-18-15(21-19-14)12-4-2-3-5-13(12)16/h2-5,10-11H,6-9,17H2,1H3. The van der Waals surface area contributed by atoms with Gasteiger partial charge in [-0.2, -0.15) is 4.98 Å². The maximum Gasteiger partial charge on any atom is 0.259 e. The monoisotopic (exact) mass is 306 g/mol. The Morgan fingerprint density at radius 2 is 2.29 bits per heavy atom. The Labute approximate surface area is 129 Å². The molecule has 3 rings (SSSR count).